The van der Waals surface area contributed by atoms with E-state index in [0.29, 0.717) is 12.6 Å². The molecule has 1 aliphatic rings. The predicted octanol–water partition coefficient (Wildman–Crippen LogP) is 0.911. The normalized spacial score (nSPS) is 16.4. The molecule has 1 N–H and O–H groups in total. The second-order valence-corrected chi connectivity index (χ2v) is 5.24. The largest absolute Gasteiger partial charge is 0.352 e. The van der Waals surface area contributed by atoms with Crippen LogP contribution in [0.3, 0.4) is 0 Å². The van der Waals surface area contributed by atoms with Crippen LogP contribution in [0.25, 0.3) is 0 Å². The Kier molecular flexibility index (Phi) is 4.36. The highest BCUT2D eigenvalue weighted by Gasteiger charge is 2.17. The summed E-state index contributed by atoms with van der Waals surface area (Å²) < 4.78 is 1.78. The van der Waals surface area contributed by atoms with Gasteiger partial charge in [0.05, 0.1) is 12.7 Å². The van der Waals surface area contributed by atoms with Gasteiger partial charge >= 0.3 is 0 Å². The van der Waals surface area contributed by atoms with E-state index >= 15 is 0 Å². The van der Waals surface area contributed by atoms with E-state index in [4.69, 9.17) is 0 Å². The molecule has 5 heteroatoms. The molecule has 2 rings (SSSR count). The van der Waals surface area contributed by atoms with Crippen LogP contribution in [0.4, 0.5) is 0 Å². The Hall–Kier alpha value is -1.36. The molecule has 0 spiro atoms. The summed E-state index contributed by atoms with van der Waals surface area (Å²) in [6, 6.07) is 0.407. The molecule has 0 atom stereocenters. The molecule has 0 bridgehead atoms. The van der Waals surface area contributed by atoms with Gasteiger partial charge in [0.25, 0.3) is 0 Å². The molecule has 0 unspecified atom stereocenters. The Morgan fingerprint density at radius 3 is 2.89 bits per heavy atom. The first-order valence-electron chi connectivity index (χ1n) is 6.59. The van der Waals surface area contributed by atoms with Crippen LogP contribution in [-0.4, -0.2) is 40.2 Å². The van der Waals surface area contributed by atoms with Crippen molar-refractivity contribution in [1.29, 1.82) is 0 Å². The van der Waals surface area contributed by atoms with Gasteiger partial charge < -0.3 is 5.32 Å². The Morgan fingerprint density at radius 2 is 2.28 bits per heavy atom. The molecule has 5 nitrogen and oxygen atoms in total. The lowest BCUT2D eigenvalue weighted by Gasteiger charge is -2.17. The van der Waals surface area contributed by atoms with Crippen molar-refractivity contribution in [2.24, 2.45) is 7.05 Å². The number of rotatable bonds is 5. The van der Waals surface area contributed by atoms with Crippen molar-refractivity contribution < 1.29 is 4.79 Å². The van der Waals surface area contributed by atoms with Gasteiger partial charge in [-0.3, -0.25) is 14.4 Å². The minimum absolute atomic E-state index is 0.133. The van der Waals surface area contributed by atoms with Gasteiger partial charge in [-0.2, -0.15) is 5.10 Å². The first kappa shape index (κ1) is 13.1. The lowest BCUT2D eigenvalue weighted by atomic mass is 10.2. The second kappa shape index (κ2) is 6.00. The van der Waals surface area contributed by atoms with Crippen molar-refractivity contribution in [3.05, 3.63) is 18.0 Å². The molecule has 1 heterocycles. The number of likely N-dealkylation sites (N-methyl/N-ethyl adjacent to an activating group) is 1. The van der Waals surface area contributed by atoms with Gasteiger partial charge in [-0.1, -0.05) is 12.8 Å². The van der Waals surface area contributed by atoms with E-state index in [1.165, 1.54) is 12.8 Å². The Morgan fingerprint density at radius 1 is 1.56 bits per heavy atom. The highest BCUT2D eigenvalue weighted by molar-refractivity contribution is 5.78. The van der Waals surface area contributed by atoms with Crippen LogP contribution in [0.5, 0.6) is 0 Å². The van der Waals surface area contributed by atoms with E-state index in [1.807, 2.05) is 31.4 Å². The summed E-state index contributed by atoms with van der Waals surface area (Å²) in [5.41, 5.74) is 1.13. The summed E-state index contributed by atoms with van der Waals surface area (Å²) in [5, 5.41) is 7.22. The van der Waals surface area contributed by atoms with Crippen molar-refractivity contribution >= 4 is 5.91 Å². The fourth-order valence-electron chi connectivity index (χ4n) is 2.51. The maximum Gasteiger partial charge on any atom is 0.234 e. The van der Waals surface area contributed by atoms with Gasteiger partial charge in [0.15, 0.2) is 0 Å². The summed E-state index contributed by atoms with van der Waals surface area (Å²) >= 11 is 0. The average molecular weight is 250 g/mol. The molecule has 1 fully saturated rings. The zero-order valence-electron chi connectivity index (χ0n) is 11.2. The monoisotopic (exact) mass is 250 g/mol. The standard InChI is InChI=1S/C13H22N4O/c1-16(8-11-7-14-17(2)9-11)10-13(18)15-12-5-3-4-6-12/h7,9,12H,3-6,8,10H2,1-2H3,(H,15,18). The van der Waals surface area contributed by atoms with Gasteiger partial charge in [0, 0.05) is 31.4 Å². The quantitative estimate of drug-likeness (QED) is 0.845. The molecular formula is C13H22N4O. The second-order valence-electron chi connectivity index (χ2n) is 5.24. The van der Waals surface area contributed by atoms with E-state index in [2.05, 4.69) is 10.4 Å². The Labute approximate surface area is 108 Å². The minimum atomic E-state index is 0.133. The SMILES string of the molecule is CN(CC(=O)NC1CCCC1)Cc1cnn(C)c1. The number of carbonyl (C=O) groups is 1. The first-order valence-corrected chi connectivity index (χ1v) is 6.59. The van der Waals surface area contributed by atoms with E-state index in [1.54, 1.807) is 4.68 Å². The van der Waals surface area contributed by atoms with Crippen LogP contribution < -0.4 is 5.32 Å². The molecule has 0 saturated heterocycles. The fraction of sp³-hybridized carbons (Fsp3) is 0.692. The number of amides is 1. The summed E-state index contributed by atoms with van der Waals surface area (Å²) in [5.74, 6) is 0.133. The van der Waals surface area contributed by atoms with Gasteiger partial charge in [0.2, 0.25) is 5.91 Å². The molecule has 0 aliphatic heterocycles. The Balaban J connectivity index is 1.72. The number of carbonyl (C=O) groups excluding carboxylic acids is 1. The van der Waals surface area contributed by atoms with Crippen molar-refractivity contribution in [3.63, 3.8) is 0 Å². The lowest BCUT2D eigenvalue weighted by molar-refractivity contribution is -0.122. The average Bonchev–Trinajstić information content (AvgIpc) is 2.90. The zero-order chi connectivity index (χ0) is 13.0. The van der Waals surface area contributed by atoms with Gasteiger partial charge in [-0.15, -0.1) is 0 Å². The highest BCUT2D eigenvalue weighted by Crippen LogP contribution is 2.17. The molecule has 1 aromatic rings. The predicted molar refractivity (Wildman–Crippen MR) is 69.9 cm³/mol. The summed E-state index contributed by atoms with van der Waals surface area (Å²) in [4.78, 5) is 13.8. The first-order chi connectivity index (χ1) is 8.63. The van der Waals surface area contributed by atoms with Crippen molar-refractivity contribution in [3.8, 4) is 0 Å². The smallest absolute Gasteiger partial charge is 0.234 e. The van der Waals surface area contributed by atoms with Crippen molar-refractivity contribution in [2.45, 2.75) is 38.3 Å². The van der Waals surface area contributed by atoms with Crippen LogP contribution in [0.15, 0.2) is 12.4 Å². The molecule has 1 aromatic heterocycles. The number of hydrogen-bond donors (Lipinski definition) is 1. The van der Waals surface area contributed by atoms with E-state index in [9.17, 15) is 4.79 Å². The molecule has 0 radical (unpaired) electrons. The molecule has 1 amide bonds. The van der Waals surface area contributed by atoms with Crippen LogP contribution in [0.2, 0.25) is 0 Å². The molecule has 1 saturated carbocycles. The van der Waals surface area contributed by atoms with E-state index in [0.717, 1.165) is 24.9 Å². The van der Waals surface area contributed by atoms with E-state index < -0.39 is 0 Å². The number of aromatic nitrogens is 2. The Bertz CT molecular complexity index is 395. The van der Waals surface area contributed by atoms with Crippen LogP contribution in [0.1, 0.15) is 31.2 Å². The number of aryl methyl sites for hydroxylation is 1. The van der Waals surface area contributed by atoms with Crippen molar-refractivity contribution in [2.75, 3.05) is 13.6 Å². The van der Waals surface area contributed by atoms with Gasteiger partial charge in [0.1, 0.15) is 0 Å². The summed E-state index contributed by atoms with van der Waals surface area (Å²) in [6.45, 7) is 1.21. The molecule has 1 aliphatic carbocycles. The van der Waals surface area contributed by atoms with Gasteiger partial charge in [-0.25, -0.2) is 0 Å². The highest BCUT2D eigenvalue weighted by atomic mass is 16.2. The number of nitrogens with zero attached hydrogens (tertiary/aromatic N) is 3. The van der Waals surface area contributed by atoms with Crippen LogP contribution in [-0.2, 0) is 18.4 Å². The maximum atomic E-state index is 11.8. The molecular weight excluding hydrogens is 228 g/mol. The molecule has 100 valence electrons. The number of hydrogen-bond acceptors (Lipinski definition) is 3. The maximum absolute atomic E-state index is 11.8. The lowest BCUT2D eigenvalue weighted by Crippen LogP contribution is -2.39. The number of nitrogens with one attached hydrogen (secondary N) is 1. The van der Waals surface area contributed by atoms with Crippen LogP contribution in [0, 0.1) is 0 Å². The topological polar surface area (TPSA) is 50.2 Å². The third-order valence-corrected chi connectivity index (χ3v) is 3.34. The van der Waals surface area contributed by atoms with E-state index in [-0.39, 0.29) is 5.91 Å². The third-order valence-electron chi connectivity index (χ3n) is 3.34. The summed E-state index contributed by atoms with van der Waals surface area (Å²) in [6.07, 6.45) is 8.58. The van der Waals surface area contributed by atoms with Gasteiger partial charge in [-0.05, 0) is 19.9 Å². The zero-order valence-corrected chi connectivity index (χ0v) is 11.2. The molecule has 0 aromatic carbocycles. The summed E-state index contributed by atoms with van der Waals surface area (Å²) in [7, 11) is 3.86. The van der Waals surface area contributed by atoms with Crippen molar-refractivity contribution in [1.82, 2.24) is 20.0 Å². The van der Waals surface area contributed by atoms with Crippen LogP contribution >= 0.6 is 0 Å². The third kappa shape index (κ3) is 3.84. The fourth-order valence-corrected chi connectivity index (χ4v) is 2.51. The molecule has 18 heavy (non-hydrogen) atoms. The minimum Gasteiger partial charge on any atom is -0.352 e.